The lowest BCUT2D eigenvalue weighted by atomic mass is 10.2. The quantitative estimate of drug-likeness (QED) is 0.428. The van der Waals surface area contributed by atoms with Crippen LogP contribution >= 0.6 is 23.5 Å². The zero-order chi connectivity index (χ0) is 23.9. The number of hydrogen-bond acceptors (Lipinski definition) is 8. The molecule has 3 heterocycles. The molecule has 3 aromatic rings. The molecule has 7 nitrogen and oxygen atoms in total. The number of methoxy groups -OCH3 is 1. The van der Waals surface area contributed by atoms with E-state index in [2.05, 4.69) is 0 Å². The third-order valence-corrected chi connectivity index (χ3v) is 8.17. The van der Waals surface area contributed by atoms with Gasteiger partial charge in [-0.15, -0.1) is 0 Å². The van der Waals surface area contributed by atoms with E-state index in [0.29, 0.717) is 40.5 Å². The van der Waals surface area contributed by atoms with E-state index < -0.39 is 0 Å². The highest BCUT2D eigenvalue weighted by Gasteiger charge is 2.40. The number of nitrogens with zero attached hydrogens (tertiary/aromatic N) is 3. The first kappa shape index (κ1) is 21.9. The molecule has 0 aliphatic carbocycles. The molecule has 3 aromatic carbocycles. The molecule has 3 aliphatic rings. The van der Waals surface area contributed by atoms with Crippen LogP contribution in [0.5, 0.6) is 17.2 Å². The van der Waals surface area contributed by atoms with Crippen molar-refractivity contribution in [1.82, 2.24) is 0 Å². The number of aliphatic imine (C=N–C) groups is 1. The predicted molar refractivity (Wildman–Crippen MR) is 140 cm³/mol. The normalized spacial score (nSPS) is 19.9. The molecular formula is C26H21N3O4S2. The van der Waals surface area contributed by atoms with Gasteiger partial charge in [0.2, 0.25) is 0 Å². The molecule has 9 heteroatoms. The van der Waals surface area contributed by atoms with Crippen molar-refractivity contribution in [3.8, 4) is 17.2 Å². The van der Waals surface area contributed by atoms with Crippen molar-refractivity contribution in [3.63, 3.8) is 0 Å². The second-order valence-corrected chi connectivity index (χ2v) is 9.94. The Morgan fingerprint density at radius 3 is 2.54 bits per heavy atom. The highest BCUT2D eigenvalue weighted by Crippen LogP contribution is 2.51. The number of anilines is 2. The molecule has 0 atom stereocenters. The molecular weight excluding hydrogens is 482 g/mol. The van der Waals surface area contributed by atoms with Crippen LogP contribution in [-0.4, -0.2) is 38.4 Å². The van der Waals surface area contributed by atoms with Gasteiger partial charge in [-0.1, -0.05) is 30.0 Å². The average molecular weight is 504 g/mol. The molecule has 1 amide bonds. The molecule has 0 saturated carbocycles. The second-order valence-electron chi connectivity index (χ2n) is 7.93. The van der Waals surface area contributed by atoms with Crippen LogP contribution in [0.15, 0.2) is 86.6 Å². The zero-order valence-electron chi connectivity index (χ0n) is 19.1. The highest BCUT2D eigenvalue weighted by molar-refractivity contribution is 8.20. The van der Waals surface area contributed by atoms with Crippen molar-refractivity contribution in [3.05, 3.63) is 76.7 Å². The van der Waals surface area contributed by atoms with Crippen LogP contribution in [0.3, 0.4) is 0 Å². The number of ether oxygens (including phenoxy) is 3. The molecule has 0 aromatic heterocycles. The van der Waals surface area contributed by atoms with Crippen molar-refractivity contribution in [1.29, 1.82) is 0 Å². The Morgan fingerprint density at radius 1 is 0.943 bits per heavy atom. The summed E-state index contributed by atoms with van der Waals surface area (Å²) in [6.07, 6.45) is 0. The molecule has 1 saturated heterocycles. The van der Waals surface area contributed by atoms with Crippen LogP contribution in [0.2, 0.25) is 0 Å². The fourth-order valence-corrected chi connectivity index (χ4v) is 6.37. The summed E-state index contributed by atoms with van der Waals surface area (Å²) in [5.41, 5.74) is 2.47. The first-order valence-corrected chi connectivity index (χ1v) is 12.7. The van der Waals surface area contributed by atoms with Crippen molar-refractivity contribution in [2.24, 2.45) is 4.99 Å². The van der Waals surface area contributed by atoms with E-state index in [0.717, 1.165) is 27.0 Å². The molecule has 0 unspecified atom stereocenters. The fraction of sp³-hybridized carbons (Fsp3) is 0.154. The van der Waals surface area contributed by atoms with Gasteiger partial charge in [-0.05, 0) is 48.2 Å². The molecule has 0 bridgehead atoms. The Labute approximate surface area is 211 Å². The van der Waals surface area contributed by atoms with Crippen LogP contribution < -0.4 is 24.0 Å². The number of thioether (sulfide) groups is 2. The van der Waals surface area contributed by atoms with Gasteiger partial charge < -0.3 is 19.1 Å². The Kier molecular flexibility index (Phi) is 5.58. The van der Waals surface area contributed by atoms with Crippen LogP contribution in [0.25, 0.3) is 0 Å². The lowest BCUT2D eigenvalue weighted by molar-refractivity contribution is -0.113. The number of carbonyl (C=O) groups is 1. The van der Waals surface area contributed by atoms with E-state index >= 15 is 0 Å². The van der Waals surface area contributed by atoms with Crippen molar-refractivity contribution in [2.45, 2.75) is 4.90 Å². The number of fused-ring (bicyclic) bond motifs is 2. The summed E-state index contributed by atoms with van der Waals surface area (Å²) in [6.45, 7) is 1.03. The Hall–Kier alpha value is -3.56. The third-order valence-electron chi connectivity index (χ3n) is 5.78. The van der Waals surface area contributed by atoms with Gasteiger partial charge in [0.1, 0.15) is 23.9 Å². The summed E-state index contributed by atoms with van der Waals surface area (Å²) in [4.78, 5) is 24.1. The Bertz CT molecular complexity index is 1390. The number of benzene rings is 3. The monoisotopic (exact) mass is 503 g/mol. The summed E-state index contributed by atoms with van der Waals surface area (Å²) in [6, 6.07) is 21.1. The molecule has 6 rings (SSSR count). The van der Waals surface area contributed by atoms with Crippen LogP contribution in [0.4, 0.5) is 17.1 Å². The molecule has 176 valence electrons. The number of carbonyl (C=O) groups excluding carboxylic acids is 1. The predicted octanol–water partition coefficient (Wildman–Crippen LogP) is 5.65. The van der Waals surface area contributed by atoms with Crippen molar-refractivity contribution < 1.29 is 19.0 Å². The highest BCUT2D eigenvalue weighted by atomic mass is 32.2. The summed E-state index contributed by atoms with van der Waals surface area (Å²) in [5.74, 6) is 2.04. The first-order chi connectivity index (χ1) is 17.1. The van der Waals surface area contributed by atoms with Crippen LogP contribution in [-0.2, 0) is 4.79 Å². The topological polar surface area (TPSA) is 63.6 Å². The van der Waals surface area contributed by atoms with E-state index in [9.17, 15) is 4.79 Å². The van der Waals surface area contributed by atoms with E-state index in [4.69, 9.17) is 19.2 Å². The molecule has 0 spiro atoms. The van der Waals surface area contributed by atoms with Gasteiger partial charge in [0, 0.05) is 24.1 Å². The number of hydrogen-bond donors (Lipinski definition) is 0. The van der Waals surface area contributed by atoms with Gasteiger partial charge in [0.05, 0.1) is 29.2 Å². The molecule has 0 radical (unpaired) electrons. The largest absolute Gasteiger partial charge is 0.497 e. The second kappa shape index (κ2) is 8.90. The van der Waals surface area contributed by atoms with Crippen LogP contribution in [0, 0.1) is 0 Å². The minimum Gasteiger partial charge on any atom is -0.497 e. The molecule has 3 aliphatic heterocycles. The number of rotatable bonds is 3. The maximum Gasteiger partial charge on any atom is 0.274 e. The lowest BCUT2D eigenvalue weighted by Crippen LogP contribution is -2.29. The standard InChI is InChI=1S/C26H21N3O4S2/c1-28-19-15-18(31-2)9-11-22(19)34-25(28)23-24(30)29(17-6-4-3-5-7-17)26(35-23)27-16-8-10-20-21(14-16)33-13-12-32-20/h3-11,14-15H,12-13H2,1-2H3/b25-23-,27-26?. The fourth-order valence-electron chi connectivity index (χ4n) is 4.05. The van der Waals surface area contributed by atoms with Gasteiger partial charge in [-0.25, -0.2) is 4.99 Å². The van der Waals surface area contributed by atoms with Gasteiger partial charge in [-0.3, -0.25) is 9.69 Å². The van der Waals surface area contributed by atoms with E-state index in [-0.39, 0.29) is 5.91 Å². The molecule has 0 N–H and O–H groups in total. The van der Waals surface area contributed by atoms with Crippen molar-refractivity contribution >= 4 is 51.7 Å². The third kappa shape index (κ3) is 3.90. The summed E-state index contributed by atoms with van der Waals surface area (Å²) in [7, 11) is 3.62. The van der Waals surface area contributed by atoms with Gasteiger partial charge >= 0.3 is 0 Å². The summed E-state index contributed by atoms with van der Waals surface area (Å²) >= 11 is 2.95. The van der Waals surface area contributed by atoms with Crippen molar-refractivity contribution in [2.75, 3.05) is 37.2 Å². The maximum absolute atomic E-state index is 13.8. The molecule has 35 heavy (non-hydrogen) atoms. The van der Waals surface area contributed by atoms with Gasteiger partial charge in [0.15, 0.2) is 16.7 Å². The van der Waals surface area contributed by atoms with E-state index in [1.54, 1.807) is 23.8 Å². The summed E-state index contributed by atoms with van der Waals surface area (Å²) in [5, 5.41) is 1.46. The Morgan fingerprint density at radius 2 is 1.74 bits per heavy atom. The maximum atomic E-state index is 13.8. The SMILES string of the molecule is COc1ccc2c(c1)N(C)/C(=C1/SC(=Nc3ccc4c(c3)OCCO4)N(c3ccccc3)C1=O)S2. The smallest absolute Gasteiger partial charge is 0.274 e. The Balaban J connectivity index is 1.42. The van der Waals surface area contributed by atoms with Crippen LogP contribution in [0.1, 0.15) is 0 Å². The zero-order valence-corrected chi connectivity index (χ0v) is 20.7. The average Bonchev–Trinajstić information content (AvgIpc) is 3.39. The van der Waals surface area contributed by atoms with Gasteiger partial charge in [-0.2, -0.15) is 0 Å². The number of amidine groups is 1. The summed E-state index contributed by atoms with van der Waals surface area (Å²) < 4.78 is 16.7. The first-order valence-electron chi connectivity index (χ1n) is 11.0. The lowest BCUT2D eigenvalue weighted by Gasteiger charge is -2.19. The molecule has 1 fully saturated rings. The number of amides is 1. The van der Waals surface area contributed by atoms with E-state index in [1.807, 2.05) is 78.7 Å². The van der Waals surface area contributed by atoms with E-state index in [1.165, 1.54) is 11.8 Å². The van der Waals surface area contributed by atoms with Gasteiger partial charge in [0.25, 0.3) is 5.91 Å². The number of para-hydroxylation sites is 1. The minimum absolute atomic E-state index is 0.105. The minimum atomic E-state index is -0.105.